The van der Waals surface area contributed by atoms with Crippen molar-refractivity contribution in [3.63, 3.8) is 0 Å². The number of hydrogen-bond acceptors (Lipinski definition) is 3. The van der Waals surface area contributed by atoms with E-state index in [0.717, 1.165) is 30.0 Å². The molecule has 0 saturated carbocycles. The molecule has 2 aromatic rings. The van der Waals surface area contributed by atoms with E-state index >= 15 is 0 Å². The second-order valence-electron chi connectivity index (χ2n) is 5.48. The average molecular weight is 312 g/mol. The number of amides is 1. The first-order chi connectivity index (χ1) is 11.2. The number of methoxy groups -OCH3 is 1. The molecule has 0 saturated heterocycles. The Hall–Kier alpha value is -2.33. The lowest BCUT2D eigenvalue weighted by atomic mass is 10.1. The highest BCUT2D eigenvalue weighted by Crippen LogP contribution is 2.17. The first-order valence-corrected chi connectivity index (χ1v) is 7.88. The molecule has 0 aliphatic heterocycles. The molecule has 2 N–H and O–H groups in total. The summed E-state index contributed by atoms with van der Waals surface area (Å²) in [6.45, 7) is 3.49. The molecule has 0 atom stereocenters. The molecule has 23 heavy (non-hydrogen) atoms. The quantitative estimate of drug-likeness (QED) is 0.736. The van der Waals surface area contributed by atoms with Crippen molar-refractivity contribution in [3.05, 3.63) is 59.7 Å². The zero-order valence-corrected chi connectivity index (χ0v) is 13.8. The number of carbonyl (C=O) groups excluding carboxylic acids is 1. The van der Waals surface area contributed by atoms with Crippen molar-refractivity contribution in [3.8, 4) is 5.75 Å². The van der Waals surface area contributed by atoms with Crippen LogP contribution in [0.5, 0.6) is 5.75 Å². The highest BCUT2D eigenvalue weighted by molar-refractivity contribution is 5.90. The number of hydrogen-bond donors (Lipinski definition) is 2. The van der Waals surface area contributed by atoms with Crippen LogP contribution in [0.25, 0.3) is 0 Å². The molecule has 0 heterocycles. The molecule has 1 amide bonds. The van der Waals surface area contributed by atoms with Gasteiger partial charge < -0.3 is 15.4 Å². The van der Waals surface area contributed by atoms with E-state index in [2.05, 4.69) is 16.7 Å². The van der Waals surface area contributed by atoms with Gasteiger partial charge in [0.2, 0.25) is 5.91 Å². The lowest BCUT2D eigenvalue weighted by Crippen LogP contribution is -2.23. The molecule has 0 spiro atoms. The summed E-state index contributed by atoms with van der Waals surface area (Å²) >= 11 is 0. The van der Waals surface area contributed by atoms with Crippen LogP contribution in [0.2, 0.25) is 0 Å². The maximum atomic E-state index is 11.9. The molecule has 2 aromatic carbocycles. The predicted octanol–water partition coefficient (Wildman–Crippen LogP) is 3.16. The molecule has 0 radical (unpaired) electrons. The lowest BCUT2D eigenvalue weighted by Gasteiger charge is -2.09. The largest absolute Gasteiger partial charge is 0.496 e. The second-order valence-corrected chi connectivity index (χ2v) is 5.48. The molecule has 0 aromatic heterocycles. The summed E-state index contributed by atoms with van der Waals surface area (Å²) < 4.78 is 5.32. The number of ether oxygens (including phenoxy) is 1. The van der Waals surface area contributed by atoms with E-state index in [1.807, 2.05) is 49.4 Å². The van der Waals surface area contributed by atoms with Crippen molar-refractivity contribution in [2.24, 2.45) is 0 Å². The zero-order valence-electron chi connectivity index (χ0n) is 13.8. The van der Waals surface area contributed by atoms with Gasteiger partial charge in [-0.3, -0.25) is 4.79 Å². The molecule has 0 fully saturated rings. The molecule has 0 aliphatic rings. The van der Waals surface area contributed by atoms with E-state index in [9.17, 15) is 4.79 Å². The van der Waals surface area contributed by atoms with Gasteiger partial charge in [-0.1, -0.05) is 30.3 Å². The van der Waals surface area contributed by atoms with Crippen molar-refractivity contribution in [2.45, 2.75) is 19.8 Å². The molecule has 0 unspecified atom stereocenters. The van der Waals surface area contributed by atoms with Crippen molar-refractivity contribution < 1.29 is 9.53 Å². The summed E-state index contributed by atoms with van der Waals surface area (Å²) in [4.78, 5) is 11.9. The second kappa shape index (κ2) is 8.96. The van der Waals surface area contributed by atoms with Gasteiger partial charge >= 0.3 is 0 Å². The monoisotopic (exact) mass is 312 g/mol. The minimum absolute atomic E-state index is 0.0281. The van der Waals surface area contributed by atoms with Gasteiger partial charge in [0.25, 0.3) is 0 Å². The Morgan fingerprint density at radius 3 is 2.70 bits per heavy atom. The standard InChI is InChI=1S/C19H24N2O2/c1-15-6-5-8-17(14-15)21-19(22)11-13-20-12-10-16-7-3-4-9-18(16)23-2/h3-9,14,20H,10-13H2,1-2H3,(H,21,22). The number of benzene rings is 2. The molecule has 4 nitrogen and oxygen atoms in total. The van der Waals surface area contributed by atoms with Gasteiger partial charge in [0, 0.05) is 18.7 Å². The third-order valence-corrected chi connectivity index (χ3v) is 3.59. The first-order valence-electron chi connectivity index (χ1n) is 7.88. The Morgan fingerprint density at radius 2 is 1.91 bits per heavy atom. The summed E-state index contributed by atoms with van der Waals surface area (Å²) in [5.41, 5.74) is 3.16. The van der Waals surface area contributed by atoms with Crippen LogP contribution in [0.3, 0.4) is 0 Å². The van der Waals surface area contributed by atoms with Crippen LogP contribution in [0.4, 0.5) is 5.69 Å². The topological polar surface area (TPSA) is 50.4 Å². The van der Waals surface area contributed by atoms with Crippen LogP contribution in [0, 0.1) is 6.92 Å². The van der Waals surface area contributed by atoms with Gasteiger partial charge in [0.15, 0.2) is 0 Å². The SMILES string of the molecule is COc1ccccc1CCNCCC(=O)Nc1cccc(C)c1. The Kier molecular flexibility index (Phi) is 6.63. The maximum Gasteiger partial charge on any atom is 0.225 e. The zero-order chi connectivity index (χ0) is 16.5. The van der Waals surface area contributed by atoms with Crippen molar-refractivity contribution in [1.29, 1.82) is 0 Å². The van der Waals surface area contributed by atoms with Gasteiger partial charge in [-0.2, -0.15) is 0 Å². The van der Waals surface area contributed by atoms with Gasteiger partial charge in [-0.05, 0) is 49.2 Å². The molecule has 122 valence electrons. The van der Waals surface area contributed by atoms with Gasteiger partial charge in [-0.15, -0.1) is 0 Å². The van der Waals surface area contributed by atoms with Crippen molar-refractivity contribution in [1.82, 2.24) is 5.32 Å². The fourth-order valence-corrected chi connectivity index (χ4v) is 2.41. The number of aryl methyl sites for hydroxylation is 1. The molecular weight excluding hydrogens is 288 g/mol. The Bertz CT molecular complexity index is 641. The number of nitrogens with one attached hydrogen (secondary N) is 2. The molecule has 0 aliphatic carbocycles. The van der Waals surface area contributed by atoms with Crippen LogP contribution < -0.4 is 15.4 Å². The molecule has 0 bridgehead atoms. The fourth-order valence-electron chi connectivity index (χ4n) is 2.41. The highest BCUT2D eigenvalue weighted by atomic mass is 16.5. The third kappa shape index (κ3) is 5.75. The minimum atomic E-state index is 0.0281. The van der Waals surface area contributed by atoms with Gasteiger partial charge in [-0.25, -0.2) is 0 Å². The normalized spacial score (nSPS) is 10.3. The van der Waals surface area contributed by atoms with Crippen LogP contribution >= 0.6 is 0 Å². The number of para-hydroxylation sites is 1. The van der Waals surface area contributed by atoms with E-state index in [-0.39, 0.29) is 5.91 Å². The number of carbonyl (C=O) groups is 1. The summed E-state index contributed by atoms with van der Waals surface area (Å²) in [6.07, 6.45) is 1.34. The molecular formula is C19H24N2O2. The van der Waals surface area contributed by atoms with E-state index in [1.54, 1.807) is 7.11 Å². The van der Waals surface area contributed by atoms with Crippen LogP contribution in [-0.4, -0.2) is 26.1 Å². The van der Waals surface area contributed by atoms with Crippen LogP contribution in [0.1, 0.15) is 17.5 Å². The van der Waals surface area contributed by atoms with E-state index in [4.69, 9.17) is 4.74 Å². The summed E-state index contributed by atoms with van der Waals surface area (Å²) in [5.74, 6) is 0.937. The lowest BCUT2D eigenvalue weighted by molar-refractivity contribution is -0.116. The van der Waals surface area contributed by atoms with Crippen molar-refractivity contribution in [2.75, 3.05) is 25.5 Å². The van der Waals surface area contributed by atoms with E-state index in [1.165, 1.54) is 5.56 Å². The Balaban J connectivity index is 1.66. The molecule has 2 rings (SSSR count). The first kappa shape index (κ1) is 17.0. The Labute approximate surface area is 137 Å². The van der Waals surface area contributed by atoms with E-state index in [0.29, 0.717) is 13.0 Å². The summed E-state index contributed by atoms with van der Waals surface area (Å²) in [7, 11) is 1.68. The Morgan fingerprint density at radius 1 is 1.09 bits per heavy atom. The number of rotatable bonds is 8. The third-order valence-electron chi connectivity index (χ3n) is 3.59. The van der Waals surface area contributed by atoms with Gasteiger partial charge in [0.05, 0.1) is 7.11 Å². The predicted molar refractivity (Wildman–Crippen MR) is 94.0 cm³/mol. The van der Waals surface area contributed by atoms with Gasteiger partial charge in [0.1, 0.15) is 5.75 Å². The average Bonchev–Trinajstić information content (AvgIpc) is 2.55. The van der Waals surface area contributed by atoms with Crippen LogP contribution in [-0.2, 0) is 11.2 Å². The maximum absolute atomic E-state index is 11.9. The molecule has 4 heteroatoms. The fraction of sp³-hybridized carbons (Fsp3) is 0.316. The summed E-state index contributed by atoms with van der Waals surface area (Å²) in [5, 5.41) is 6.21. The van der Waals surface area contributed by atoms with Crippen LogP contribution in [0.15, 0.2) is 48.5 Å². The minimum Gasteiger partial charge on any atom is -0.496 e. The smallest absolute Gasteiger partial charge is 0.225 e. The van der Waals surface area contributed by atoms with Crippen molar-refractivity contribution >= 4 is 11.6 Å². The number of anilines is 1. The highest BCUT2D eigenvalue weighted by Gasteiger charge is 2.03. The summed E-state index contributed by atoms with van der Waals surface area (Å²) in [6, 6.07) is 15.8. The van der Waals surface area contributed by atoms with E-state index < -0.39 is 0 Å².